The number of hydrogen-bond donors (Lipinski definition) is 1. The van der Waals surface area contributed by atoms with Gasteiger partial charge in [-0.05, 0) is 45.2 Å². The third kappa shape index (κ3) is 2.38. The van der Waals surface area contributed by atoms with E-state index in [0.29, 0.717) is 5.92 Å². The second-order valence-electron chi connectivity index (χ2n) is 5.57. The van der Waals surface area contributed by atoms with Crippen LogP contribution in [-0.2, 0) is 4.74 Å². The van der Waals surface area contributed by atoms with E-state index in [2.05, 4.69) is 18.7 Å². The second-order valence-corrected chi connectivity index (χ2v) is 5.57. The van der Waals surface area contributed by atoms with Crippen molar-refractivity contribution in [3.63, 3.8) is 0 Å². The van der Waals surface area contributed by atoms with Crippen LogP contribution in [0.4, 0.5) is 0 Å². The maximum atomic E-state index is 10.8. The fourth-order valence-corrected chi connectivity index (χ4v) is 3.71. The van der Waals surface area contributed by atoms with Crippen LogP contribution in [0.1, 0.15) is 46.0 Å². The van der Waals surface area contributed by atoms with E-state index in [1.54, 1.807) is 0 Å². The molecule has 2 aliphatic rings. The fourth-order valence-electron chi connectivity index (χ4n) is 3.71. The number of likely N-dealkylation sites (tertiary alicyclic amines) is 1. The average Bonchev–Trinajstić information content (AvgIpc) is 3.04. The molecule has 0 aromatic rings. The Balaban J connectivity index is 2.13. The van der Waals surface area contributed by atoms with E-state index in [4.69, 9.17) is 4.74 Å². The van der Waals surface area contributed by atoms with Crippen molar-refractivity contribution in [1.82, 2.24) is 4.90 Å². The van der Waals surface area contributed by atoms with Crippen molar-refractivity contribution in [2.75, 3.05) is 26.3 Å². The highest BCUT2D eigenvalue weighted by atomic mass is 16.5. The van der Waals surface area contributed by atoms with Crippen molar-refractivity contribution in [1.29, 1.82) is 0 Å². The van der Waals surface area contributed by atoms with Crippen LogP contribution < -0.4 is 0 Å². The Labute approximate surface area is 105 Å². The van der Waals surface area contributed by atoms with Crippen LogP contribution >= 0.6 is 0 Å². The lowest BCUT2D eigenvalue weighted by Crippen LogP contribution is -2.57. The van der Waals surface area contributed by atoms with Crippen molar-refractivity contribution in [2.24, 2.45) is 5.92 Å². The lowest BCUT2D eigenvalue weighted by molar-refractivity contribution is -0.0595. The zero-order chi connectivity index (χ0) is 12.3. The van der Waals surface area contributed by atoms with Gasteiger partial charge in [-0.3, -0.25) is 4.90 Å². The maximum absolute atomic E-state index is 10.8. The highest BCUT2D eigenvalue weighted by Gasteiger charge is 2.45. The largest absolute Gasteiger partial charge is 0.391 e. The maximum Gasteiger partial charge on any atom is 0.0774 e. The van der Waals surface area contributed by atoms with E-state index < -0.39 is 0 Å². The van der Waals surface area contributed by atoms with E-state index in [0.717, 1.165) is 45.6 Å². The first-order chi connectivity index (χ1) is 8.24. The predicted molar refractivity (Wildman–Crippen MR) is 69.1 cm³/mol. The topological polar surface area (TPSA) is 32.7 Å². The van der Waals surface area contributed by atoms with Crippen LogP contribution in [0.5, 0.6) is 0 Å². The molecule has 0 amide bonds. The van der Waals surface area contributed by atoms with Gasteiger partial charge in [0.15, 0.2) is 0 Å². The molecule has 2 saturated heterocycles. The minimum absolute atomic E-state index is 0.00509. The predicted octanol–water partition coefficient (Wildman–Crippen LogP) is 2.04. The molecular formula is C14H27NO2. The third-order valence-electron chi connectivity index (χ3n) is 4.92. The monoisotopic (exact) mass is 241 g/mol. The zero-order valence-corrected chi connectivity index (χ0v) is 11.3. The minimum atomic E-state index is -0.224. The molecule has 0 aliphatic carbocycles. The highest BCUT2D eigenvalue weighted by Crippen LogP contribution is 2.36. The summed E-state index contributed by atoms with van der Waals surface area (Å²) < 4.78 is 5.45. The first-order valence-corrected chi connectivity index (χ1v) is 7.25. The summed E-state index contributed by atoms with van der Waals surface area (Å²) in [6, 6.07) is 0. The molecule has 2 atom stereocenters. The van der Waals surface area contributed by atoms with Gasteiger partial charge in [0, 0.05) is 18.1 Å². The van der Waals surface area contributed by atoms with E-state index in [1.165, 1.54) is 12.8 Å². The first kappa shape index (κ1) is 13.3. The van der Waals surface area contributed by atoms with Crippen molar-refractivity contribution in [3.8, 4) is 0 Å². The van der Waals surface area contributed by atoms with Crippen LogP contribution in [0.2, 0.25) is 0 Å². The summed E-state index contributed by atoms with van der Waals surface area (Å²) in [6.45, 7) is 8.34. The van der Waals surface area contributed by atoms with E-state index in [-0.39, 0.29) is 11.6 Å². The molecule has 0 aromatic carbocycles. The second kappa shape index (κ2) is 5.68. The lowest BCUT2D eigenvalue weighted by Gasteiger charge is -2.46. The summed E-state index contributed by atoms with van der Waals surface area (Å²) >= 11 is 0. The van der Waals surface area contributed by atoms with Gasteiger partial charge in [-0.25, -0.2) is 0 Å². The number of ether oxygens (including phenoxy) is 1. The van der Waals surface area contributed by atoms with Gasteiger partial charge in [0.25, 0.3) is 0 Å². The first-order valence-electron chi connectivity index (χ1n) is 7.25. The van der Waals surface area contributed by atoms with E-state index >= 15 is 0 Å². The molecule has 0 spiro atoms. The molecule has 0 aromatic heterocycles. The molecule has 17 heavy (non-hydrogen) atoms. The molecule has 2 aliphatic heterocycles. The molecule has 2 heterocycles. The minimum Gasteiger partial charge on any atom is -0.391 e. The van der Waals surface area contributed by atoms with Crippen molar-refractivity contribution in [3.05, 3.63) is 0 Å². The number of aliphatic hydroxyl groups is 1. The van der Waals surface area contributed by atoms with Crippen LogP contribution in [0, 0.1) is 5.92 Å². The van der Waals surface area contributed by atoms with Crippen LogP contribution in [0.25, 0.3) is 0 Å². The molecule has 3 nitrogen and oxygen atoms in total. The van der Waals surface area contributed by atoms with Gasteiger partial charge in [0.2, 0.25) is 0 Å². The molecule has 2 fully saturated rings. The Morgan fingerprint density at radius 2 is 1.94 bits per heavy atom. The molecule has 0 bridgehead atoms. The normalized spacial score (nSPS) is 28.8. The van der Waals surface area contributed by atoms with Gasteiger partial charge in [-0.1, -0.05) is 13.8 Å². The quantitative estimate of drug-likeness (QED) is 0.799. The summed E-state index contributed by atoms with van der Waals surface area (Å²) in [4.78, 5) is 2.54. The summed E-state index contributed by atoms with van der Waals surface area (Å²) in [5.41, 5.74) is -0.00509. The van der Waals surface area contributed by atoms with E-state index in [1.807, 2.05) is 0 Å². The van der Waals surface area contributed by atoms with Gasteiger partial charge in [-0.2, -0.15) is 0 Å². The molecule has 100 valence electrons. The average molecular weight is 241 g/mol. The summed E-state index contributed by atoms with van der Waals surface area (Å²) in [7, 11) is 0. The number of aliphatic hydroxyl groups excluding tert-OH is 1. The summed E-state index contributed by atoms with van der Waals surface area (Å²) in [5, 5.41) is 10.8. The fraction of sp³-hybridized carbons (Fsp3) is 1.00. The van der Waals surface area contributed by atoms with Crippen molar-refractivity contribution in [2.45, 2.75) is 57.6 Å². The van der Waals surface area contributed by atoms with Gasteiger partial charge >= 0.3 is 0 Å². The Kier molecular flexibility index (Phi) is 4.45. The Bertz CT molecular complexity index is 228. The van der Waals surface area contributed by atoms with Crippen molar-refractivity contribution < 1.29 is 9.84 Å². The Morgan fingerprint density at radius 3 is 2.41 bits per heavy atom. The molecule has 2 unspecified atom stereocenters. The Morgan fingerprint density at radius 1 is 1.29 bits per heavy atom. The number of rotatable bonds is 5. The highest BCUT2D eigenvalue weighted by molar-refractivity contribution is 4.99. The molecule has 0 radical (unpaired) electrons. The number of hydrogen-bond acceptors (Lipinski definition) is 3. The Hall–Kier alpha value is -0.120. The van der Waals surface area contributed by atoms with Gasteiger partial charge in [-0.15, -0.1) is 0 Å². The van der Waals surface area contributed by atoms with Gasteiger partial charge in [0.05, 0.1) is 12.7 Å². The number of nitrogens with zero attached hydrogens (tertiary/aromatic N) is 1. The van der Waals surface area contributed by atoms with Crippen LogP contribution in [0.15, 0.2) is 0 Å². The lowest BCUT2D eigenvalue weighted by atomic mass is 9.78. The van der Waals surface area contributed by atoms with Crippen LogP contribution in [0.3, 0.4) is 0 Å². The summed E-state index contributed by atoms with van der Waals surface area (Å²) in [6.07, 6.45) is 5.46. The smallest absolute Gasteiger partial charge is 0.0774 e. The molecule has 2 rings (SSSR count). The van der Waals surface area contributed by atoms with E-state index in [9.17, 15) is 5.11 Å². The third-order valence-corrected chi connectivity index (χ3v) is 4.92. The SMILES string of the molecule is CCC(CC)(C(O)C1CCOC1)N1CCCC1. The van der Waals surface area contributed by atoms with Gasteiger partial charge in [0.1, 0.15) is 0 Å². The molecule has 1 N–H and O–H groups in total. The van der Waals surface area contributed by atoms with Gasteiger partial charge < -0.3 is 9.84 Å². The van der Waals surface area contributed by atoms with Crippen LogP contribution in [-0.4, -0.2) is 48.0 Å². The molecule has 3 heteroatoms. The summed E-state index contributed by atoms with van der Waals surface area (Å²) in [5.74, 6) is 0.343. The molecular weight excluding hydrogens is 214 g/mol. The zero-order valence-electron chi connectivity index (χ0n) is 11.3. The van der Waals surface area contributed by atoms with Crippen molar-refractivity contribution >= 4 is 0 Å². The standard InChI is InChI=1S/C14H27NO2/c1-3-14(4-2,15-8-5-6-9-15)13(16)12-7-10-17-11-12/h12-13,16H,3-11H2,1-2H3. The molecule has 0 saturated carbocycles.